The van der Waals surface area contributed by atoms with Crippen LogP contribution in [0.15, 0.2) is 41.4 Å². The van der Waals surface area contributed by atoms with E-state index in [1.807, 2.05) is 13.8 Å². The third-order valence-electron chi connectivity index (χ3n) is 5.42. The normalized spacial score (nSPS) is 12.5. The van der Waals surface area contributed by atoms with Crippen molar-refractivity contribution in [3.05, 3.63) is 58.9 Å². The van der Waals surface area contributed by atoms with E-state index in [0.717, 1.165) is 6.07 Å². The summed E-state index contributed by atoms with van der Waals surface area (Å²) in [6.07, 6.45) is -9.74. The summed E-state index contributed by atoms with van der Waals surface area (Å²) in [4.78, 5) is 38.2. The van der Waals surface area contributed by atoms with Gasteiger partial charge in [0.15, 0.2) is 17.5 Å². The highest BCUT2D eigenvalue weighted by atomic mass is 19.4. The van der Waals surface area contributed by atoms with E-state index in [9.17, 15) is 40.3 Å². The van der Waals surface area contributed by atoms with E-state index in [2.05, 4.69) is 15.6 Å². The van der Waals surface area contributed by atoms with Crippen LogP contribution in [0.5, 0.6) is 11.5 Å². The second kappa shape index (κ2) is 16.3. The van der Waals surface area contributed by atoms with Gasteiger partial charge in [-0.1, -0.05) is 26.0 Å². The lowest BCUT2D eigenvalue weighted by Gasteiger charge is -2.17. The molecule has 0 aliphatic heterocycles. The number of ether oxygens (including phenoxy) is 2. The van der Waals surface area contributed by atoms with Gasteiger partial charge in [-0.15, -0.1) is 0 Å². The molecule has 2 aromatic carbocycles. The zero-order valence-electron chi connectivity index (χ0n) is 23.9. The Morgan fingerprint density at radius 3 is 2.02 bits per heavy atom. The van der Waals surface area contributed by atoms with Crippen molar-refractivity contribution in [2.45, 2.75) is 51.6 Å². The fourth-order valence-electron chi connectivity index (χ4n) is 3.43. The first-order chi connectivity index (χ1) is 20.3. The molecule has 0 aliphatic carbocycles. The highest BCUT2D eigenvalue weighted by molar-refractivity contribution is 5.98. The van der Waals surface area contributed by atoms with E-state index in [-0.39, 0.29) is 36.8 Å². The van der Waals surface area contributed by atoms with Crippen molar-refractivity contribution in [3.8, 4) is 11.5 Å². The Kier molecular flexibility index (Phi) is 13.9. The Hall–Kier alpha value is -4.57. The summed E-state index contributed by atoms with van der Waals surface area (Å²) in [7, 11) is 2.96. The molecule has 0 spiro atoms. The third-order valence-corrected chi connectivity index (χ3v) is 5.42. The molecular weight excluding hydrogens is 609 g/mol. The quantitative estimate of drug-likeness (QED) is 0.173. The number of nitrogens with zero attached hydrogens (tertiary/aromatic N) is 1. The van der Waals surface area contributed by atoms with Crippen molar-refractivity contribution >= 4 is 23.7 Å². The molecule has 0 unspecified atom stereocenters. The fourth-order valence-corrected chi connectivity index (χ4v) is 3.43. The molecule has 0 bridgehead atoms. The van der Waals surface area contributed by atoms with Gasteiger partial charge >= 0.3 is 18.3 Å². The van der Waals surface area contributed by atoms with Gasteiger partial charge in [-0.3, -0.25) is 14.9 Å². The molecule has 10 nitrogen and oxygen atoms in total. The number of carboxylic acids is 1. The van der Waals surface area contributed by atoms with Gasteiger partial charge in [-0.25, -0.2) is 14.2 Å². The second-order valence-corrected chi connectivity index (χ2v) is 9.41. The molecule has 0 saturated heterocycles. The van der Waals surface area contributed by atoms with Crippen LogP contribution in [0.25, 0.3) is 0 Å². The summed E-state index contributed by atoms with van der Waals surface area (Å²) in [5, 5.41) is 12.0. The Balaban J connectivity index is 0.00000123. The average Bonchev–Trinajstić information content (AvgIpc) is 2.90. The number of hydrogen-bond donors (Lipinski definition) is 4. The van der Waals surface area contributed by atoms with Gasteiger partial charge in [-0.05, 0) is 47.7 Å². The number of hydrogen-bond acceptors (Lipinski definition) is 6. The van der Waals surface area contributed by atoms with Crippen LogP contribution in [-0.4, -0.2) is 55.3 Å². The van der Waals surface area contributed by atoms with Gasteiger partial charge in [0.1, 0.15) is 11.9 Å². The summed E-state index contributed by atoms with van der Waals surface area (Å²) in [5.41, 5.74) is 5.13. The highest BCUT2D eigenvalue weighted by Crippen LogP contribution is 2.32. The van der Waals surface area contributed by atoms with Crippen LogP contribution < -0.4 is 25.8 Å². The van der Waals surface area contributed by atoms with Crippen molar-refractivity contribution in [1.29, 1.82) is 0 Å². The first kappa shape index (κ1) is 37.5. The molecule has 2 aromatic rings. The summed E-state index contributed by atoms with van der Waals surface area (Å²) in [5.74, 6) is -4.57. The van der Waals surface area contributed by atoms with Crippen LogP contribution in [-0.2, 0) is 33.5 Å². The minimum Gasteiger partial charge on any atom is -0.493 e. The standard InChI is InChI=1S/C25H30F4N4O4.C2HF3O2/c1-14(2)9-19(23(35)31-13-16-5-7-18(26)17(10-16)25(27,28)29)32-24(30)33-22(34)12-15-6-8-20(36-3)21(11-15)37-4;3-2(4,5)1(6)7/h5-8,10-11,14,19H,9,12-13H2,1-4H3,(H,31,35)(H3,30,32,33,34);(H,6,7)/t19-;/m1./s1. The van der Waals surface area contributed by atoms with Crippen molar-refractivity contribution in [1.82, 2.24) is 10.6 Å². The number of carbonyl (C=O) groups excluding carboxylic acids is 2. The number of aliphatic carboxylic acids is 1. The number of carboxylic acid groups (broad SMARTS) is 1. The van der Waals surface area contributed by atoms with E-state index in [1.54, 1.807) is 18.2 Å². The molecular formula is C27H31F7N4O6. The number of benzene rings is 2. The molecule has 0 heterocycles. The average molecular weight is 641 g/mol. The number of guanidine groups is 1. The molecule has 17 heteroatoms. The van der Waals surface area contributed by atoms with E-state index in [1.165, 1.54) is 14.2 Å². The minimum absolute atomic E-state index is 0.0115. The van der Waals surface area contributed by atoms with E-state index >= 15 is 0 Å². The van der Waals surface area contributed by atoms with Gasteiger partial charge in [0, 0.05) is 6.54 Å². The lowest BCUT2D eigenvalue weighted by Crippen LogP contribution is -2.41. The van der Waals surface area contributed by atoms with Crippen molar-refractivity contribution in [3.63, 3.8) is 0 Å². The number of carbonyl (C=O) groups is 3. The predicted octanol–water partition coefficient (Wildman–Crippen LogP) is 4.20. The largest absolute Gasteiger partial charge is 0.493 e. The smallest absolute Gasteiger partial charge is 0.490 e. The number of nitrogens with one attached hydrogen (secondary N) is 2. The van der Waals surface area contributed by atoms with Crippen LogP contribution >= 0.6 is 0 Å². The molecule has 244 valence electrons. The predicted molar refractivity (Wildman–Crippen MR) is 143 cm³/mol. The van der Waals surface area contributed by atoms with Gasteiger partial charge in [0.05, 0.1) is 26.2 Å². The SMILES string of the molecule is COc1ccc(CC(=O)NC(N)=N[C@H](CC(C)C)C(=O)NCc2ccc(F)c(C(F)(F)F)c2)cc1OC.O=C(O)C(F)(F)F. The van der Waals surface area contributed by atoms with Crippen molar-refractivity contribution in [2.75, 3.05) is 14.2 Å². The van der Waals surface area contributed by atoms with Gasteiger partial charge < -0.3 is 25.6 Å². The molecule has 0 fully saturated rings. The summed E-state index contributed by atoms with van der Waals surface area (Å²) >= 11 is 0. The molecule has 0 aromatic heterocycles. The number of halogens is 7. The number of aliphatic imine (C=N–C) groups is 1. The van der Waals surface area contributed by atoms with Crippen LogP contribution in [0.4, 0.5) is 30.7 Å². The van der Waals surface area contributed by atoms with E-state index in [4.69, 9.17) is 25.1 Å². The molecule has 0 aliphatic rings. The maximum absolute atomic E-state index is 13.5. The number of amides is 2. The Labute approximate surface area is 247 Å². The van der Waals surface area contributed by atoms with Crippen LogP contribution in [0.1, 0.15) is 37.0 Å². The van der Waals surface area contributed by atoms with Gasteiger partial charge in [-0.2, -0.15) is 26.3 Å². The Morgan fingerprint density at radius 2 is 1.52 bits per heavy atom. The van der Waals surface area contributed by atoms with Crippen molar-refractivity contribution < 1.29 is 59.7 Å². The minimum atomic E-state index is -5.08. The molecule has 2 amide bonds. The van der Waals surface area contributed by atoms with Crippen LogP contribution in [0, 0.1) is 11.7 Å². The van der Waals surface area contributed by atoms with Gasteiger partial charge in [0.2, 0.25) is 11.8 Å². The first-order valence-corrected chi connectivity index (χ1v) is 12.6. The second-order valence-electron chi connectivity index (χ2n) is 9.41. The summed E-state index contributed by atoms with van der Waals surface area (Å²) in [6, 6.07) is 6.45. The lowest BCUT2D eigenvalue weighted by atomic mass is 10.0. The summed E-state index contributed by atoms with van der Waals surface area (Å²) in [6.45, 7) is 3.41. The number of rotatable bonds is 10. The maximum Gasteiger partial charge on any atom is 0.490 e. The molecule has 1 atom stereocenters. The molecule has 2 rings (SSSR count). The van der Waals surface area contributed by atoms with Crippen LogP contribution in [0.3, 0.4) is 0 Å². The topological polar surface area (TPSA) is 152 Å². The highest BCUT2D eigenvalue weighted by Gasteiger charge is 2.38. The first-order valence-electron chi connectivity index (χ1n) is 12.6. The summed E-state index contributed by atoms with van der Waals surface area (Å²) < 4.78 is 94.5. The zero-order valence-corrected chi connectivity index (χ0v) is 23.9. The van der Waals surface area contributed by atoms with Crippen LogP contribution in [0.2, 0.25) is 0 Å². The molecule has 5 N–H and O–H groups in total. The molecule has 44 heavy (non-hydrogen) atoms. The molecule has 0 saturated carbocycles. The zero-order chi connectivity index (χ0) is 33.8. The number of alkyl halides is 6. The fraction of sp³-hybridized carbons (Fsp3) is 0.407. The maximum atomic E-state index is 13.5. The monoisotopic (exact) mass is 640 g/mol. The van der Waals surface area contributed by atoms with E-state index in [0.29, 0.717) is 29.2 Å². The molecule has 0 radical (unpaired) electrons. The Bertz CT molecular complexity index is 1330. The van der Waals surface area contributed by atoms with Crippen molar-refractivity contribution in [2.24, 2.45) is 16.6 Å². The number of methoxy groups -OCH3 is 2. The lowest BCUT2D eigenvalue weighted by molar-refractivity contribution is -0.192. The third kappa shape index (κ3) is 12.7. The van der Waals surface area contributed by atoms with E-state index < -0.39 is 47.6 Å². The van der Waals surface area contributed by atoms with Gasteiger partial charge in [0.25, 0.3) is 0 Å². The number of nitrogens with two attached hydrogens (primary N) is 1. The Morgan fingerprint density at radius 1 is 0.955 bits per heavy atom.